The zero-order valence-corrected chi connectivity index (χ0v) is 13.8. The molecule has 0 amide bonds. The number of carbonyl (C=O) groups is 1. The monoisotopic (exact) mass is 295 g/mol. The fourth-order valence-electron chi connectivity index (χ4n) is 2.57. The van der Waals surface area contributed by atoms with Crippen LogP contribution in [0.4, 0.5) is 0 Å². The number of aryl methyl sites for hydroxylation is 3. The van der Waals surface area contributed by atoms with Gasteiger partial charge in [0.05, 0.1) is 5.69 Å². The molecule has 0 aliphatic carbocycles. The number of rotatable bonds is 10. The Morgan fingerprint density at radius 2 is 2.05 bits per heavy atom. The molecule has 1 atom stereocenters. The molecule has 0 aliphatic rings. The number of carboxylic acid groups (broad SMARTS) is 1. The van der Waals surface area contributed by atoms with Gasteiger partial charge in [-0.3, -0.25) is 9.48 Å². The largest absolute Gasteiger partial charge is 0.480 e. The molecule has 1 unspecified atom stereocenters. The Kier molecular flexibility index (Phi) is 6.89. The maximum absolute atomic E-state index is 11.3. The van der Waals surface area contributed by atoms with Gasteiger partial charge in [-0.25, -0.2) is 0 Å². The summed E-state index contributed by atoms with van der Waals surface area (Å²) in [5, 5.41) is 17.0. The van der Waals surface area contributed by atoms with E-state index in [4.69, 9.17) is 0 Å². The molecule has 0 aliphatic heterocycles. The second kappa shape index (κ2) is 8.17. The fourth-order valence-corrected chi connectivity index (χ4v) is 2.57. The standard InChI is InChI=1S/C16H29N3O2/c1-5-13-12-14(6-2)19(18-13)11-9-8-10-16(4,15(20)21)17-7-3/h12,17H,5-11H2,1-4H3,(H,20,21). The third-order valence-electron chi connectivity index (χ3n) is 3.97. The van der Waals surface area contributed by atoms with Crippen molar-refractivity contribution in [2.75, 3.05) is 6.54 Å². The van der Waals surface area contributed by atoms with Crippen LogP contribution in [0, 0.1) is 0 Å². The quantitative estimate of drug-likeness (QED) is 0.651. The van der Waals surface area contributed by atoms with Gasteiger partial charge in [0.2, 0.25) is 0 Å². The SMILES string of the molecule is CCNC(C)(CCCCn1nc(CC)cc1CC)C(=O)O. The van der Waals surface area contributed by atoms with Crippen molar-refractivity contribution in [1.29, 1.82) is 0 Å². The van der Waals surface area contributed by atoms with Crippen molar-refractivity contribution in [2.24, 2.45) is 0 Å². The molecule has 1 aromatic heterocycles. The first-order chi connectivity index (χ1) is 9.96. The predicted octanol–water partition coefficient (Wildman–Crippen LogP) is 2.63. The van der Waals surface area contributed by atoms with Crippen LogP contribution in [0.5, 0.6) is 0 Å². The Hall–Kier alpha value is -1.36. The molecule has 5 heteroatoms. The Morgan fingerprint density at radius 3 is 2.57 bits per heavy atom. The van der Waals surface area contributed by atoms with Crippen LogP contribution >= 0.6 is 0 Å². The third-order valence-corrected chi connectivity index (χ3v) is 3.97. The van der Waals surface area contributed by atoms with Gasteiger partial charge in [-0.2, -0.15) is 5.10 Å². The lowest BCUT2D eigenvalue weighted by molar-refractivity contribution is -0.144. The van der Waals surface area contributed by atoms with Crippen molar-refractivity contribution in [1.82, 2.24) is 15.1 Å². The van der Waals surface area contributed by atoms with E-state index in [1.54, 1.807) is 6.92 Å². The number of unbranched alkanes of at least 4 members (excludes halogenated alkanes) is 1. The highest BCUT2D eigenvalue weighted by Crippen LogP contribution is 2.15. The van der Waals surface area contributed by atoms with Crippen LogP contribution < -0.4 is 5.32 Å². The van der Waals surface area contributed by atoms with E-state index in [0.29, 0.717) is 13.0 Å². The molecule has 0 fully saturated rings. The topological polar surface area (TPSA) is 67.2 Å². The number of nitrogens with one attached hydrogen (secondary N) is 1. The lowest BCUT2D eigenvalue weighted by Gasteiger charge is -2.25. The van der Waals surface area contributed by atoms with Gasteiger partial charge in [-0.1, -0.05) is 20.8 Å². The van der Waals surface area contributed by atoms with E-state index in [1.807, 2.05) is 6.92 Å². The summed E-state index contributed by atoms with van der Waals surface area (Å²) in [4.78, 5) is 11.3. The van der Waals surface area contributed by atoms with Crippen LogP contribution in [-0.4, -0.2) is 32.9 Å². The van der Waals surface area contributed by atoms with Gasteiger partial charge >= 0.3 is 5.97 Å². The predicted molar refractivity (Wildman–Crippen MR) is 84.6 cm³/mol. The Balaban J connectivity index is 2.50. The molecule has 0 spiro atoms. The average molecular weight is 295 g/mol. The lowest BCUT2D eigenvalue weighted by Crippen LogP contribution is -2.49. The van der Waals surface area contributed by atoms with Crippen molar-refractivity contribution in [3.8, 4) is 0 Å². The fraction of sp³-hybridized carbons (Fsp3) is 0.750. The number of likely N-dealkylation sites (N-methyl/N-ethyl adjacent to an activating group) is 1. The summed E-state index contributed by atoms with van der Waals surface area (Å²) >= 11 is 0. The van der Waals surface area contributed by atoms with Crippen molar-refractivity contribution < 1.29 is 9.90 Å². The second-order valence-electron chi connectivity index (χ2n) is 5.68. The van der Waals surface area contributed by atoms with Crippen LogP contribution in [-0.2, 0) is 24.2 Å². The van der Waals surface area contributed by atoms with E-state index in [1.165, 1.54) is 5.69 Å². The van der Waals surface area contributed by atoms with Gasteiger partial charge in [-0.15, -0.1) is 0 Å². The Morgan fingerprint density at radius 1 is 1.33 bits per heavy atom. The number of hydrogen-bond donors (Lipinski definition) is 2. The molecule has 0 bridgehead atoms. The average Bonchev–Trinajstić information content (AvgIpc) is 2.86. The minimum absolute atomic E-state index is 0.638. The lowest BCUT2D eigenvalue weighted by atomic mass is 9.95. The molecule has 21 heavy (non-hydrogen) atoms. The van der Waals surface area contributed by atoms with Gasteiger partial charge in [0.25, 0.3) is 0 Å². The van der Waals surface area contributed by atoms with Crippen LogP contribution in [0.3, 0.4) is 0 Å². The molecule has 120 valence electrons. The number of hydrogen-bond acceptors (Lipinski definition) is 3. The molecule has 0 saturated heterocycles. The first-order valence-corrected chi connectivity index (χ1v) is 8.00. The smallest absolute Gasteiger partial charge is 0.323 e. The highest BCUT2D eigenvalue weighted by atomic mass is 16.4. The van der Waals surface area contributed by atoms with Crippen molar-refractivity contribution >= 4 is 5.97 Å². The highest BCUT2D eigenvalue weighted by molar-refractivity contribution is 5.78. The molecule has 0 saturated carbocycles. The minimum atomic E-state index is -0.818. The maximum Gasteiger partial charge on any atom is 0.323 e. The van der Waals surface area contributed by atoms with Crippen molar-refractivity contribution in [3.63, 3.8) is 0 Å². The van der Waals surface area contributed by atoms with E-state index < -0.39 is 11.5 Å². The number of aromatic nitrogens is 2. The summed E-state index contributed by atoms with van der Waals surface area (Å²) in [7, 11) is 0. The Labute approximate surface area is 127 Å². The normalized spacial score (nSPS) is 14.1. The summed E-state index contributed by atoms with van der Waals surface area (Å²) < 4.78 is 2.07. The molecular weight excluding hydrogens is 266 g/mol. The first-order valence-electron chi connectivity index (χ1n) is 8.00. The third kappa shape index (κ3) is 4.84. The van der Waals surface area contributed by atoms with Crippen LogP contribution in [0.15, 0.2) is 6.07 Å². The summed E-state index contributed by atoms with van der Waals surface area (Å²) in [5.74, 6) is -0.772. The summed E-state index contributed by atoms with van der Waals surface area (Å²) in [6.45, 7) is 9.48. The molecule has 0 radical (unpaired) electrons. The zero-order valence-electron chi connectivity index (χ0n) is 13.8. The van der Waals surface area contributed by atoms with Crippen LogP contribution in [0.1, 0.15) is 58.3 Å². The van der Waals surface area contributed by atoms with Gasteiger partial charge in [0.1, 0.15) is 5.54 Å². The van der Waals surface area contributed by atoms with Gasteiger partial charge in [0.15, 0.2) is 0 Å². The first kappa shape index (κ1) is 17.7. The Bertz CT molecular complexity index is 456. The molecule has 0 aromatic carbocycles. The molecular formula is C16H29N3O2. The minimum Gasteiger partial charge on any atom is -0.480 e. The number of aliphatic carboxylic acids is 1. The van der Waals surface area contributed by atoms with Crippen molar-refractivity contribution in [2.45, 2.75) is 71.9 Å². The second-order valence-corrected chi connectivity index (χ2v) is 5.68. The summed E-state index contributed by atoms with van der Waals surface area (Å²) in [5.41, 5.74) is 1.58. The maximum atomic E-state index is 11.3. The molecule has 5 nitrogen and oxygen atoms in total. The molecule has 1 heterocycles. The summed E-state index contributed by atoms with van der Waals surface area (Å²) in [6, 6.07) is 2.17. The van der Waals surface area contributed by atoms with Gasteiger partial charge in [-0.05, 0) is 51.6 Å². The zero-order chi connectivity index (χ0) is 15.9. The van der Waals surface area contributed by atoms with E-state index in [2.05, 4.69) is 35.0 Å². The number of nitrogens with zero attached hydrogens (tertiary/aromatic N) is 2. The highest BCUT2D eigenvalue weighted by Gasteiger charge is 2.30. The van der Waals surface area contributed by atoms with E-state index in [0.717, 1.165) is 37.9 Å². The molecule has 2 N–H and O–H groups in total. The van der Waals surface area contributed by atoms with E-state index in [-0.39, 0.29) is 0 Å². The number of carboxylic acids is 1. The van der Waals surface area contributed by atoms with Gasteiger partial charge in [0, 0.05) is 12.2 Å². The summed E-state index contributed by atoms with van der Waals surface area (Å²) in [6.07, 6.45) is 4.40. The van der Waals surface area contributed by atoms with Gasteiger partial charge < -0.3 is 10.4 Å². The van der Waals surface area contributed by atoms with Crippen LogP contribution in [0.2, 0.25) is 0 Å². The van der Waals surface area contributed by atoms with Crippen LogP contribution in [0.25, 0.3) is 0 Å². The van der Waals surface area contributed by atoms with E-state index >= 15 is 0 Å². The molecule has 1 aromatic rings. The molecule has 1 rings (SSSR count). The van der Waals surface area contributed by atoms with E-state index in [9.17, 15) is 9.90 Å². The van der Waals surface area contributed by atoms with Crippen molar-refractivity contribution in [3.05, 3.63) is 17.5 Å².